The van der Waals surface area contributed by atoms with Crippen molar-refractivity contribution in [3.05, 3.63) is 83.4 Å². The number of anilines is 2. The maximum absolute atomic E-state index is 12.2. The third-order valence-electron chi connectivity index (χ3n) is 5.26. The van der Waals surface area contributed by atoms with E-state index in [-0.39, 0.29) is 24.5 Å². The van der Waals surface area contributed by atoms with Crippen molar-refractivity contribution in [2.24, 2.45) is 0 Å². The molecule has 0 saturated heterocycles. The van der Waals surface area contributed by atoms with Crippen LogP contribution < -0.4 is 15.4 Å². The molecule has 3 rings (SSSR count). The summed E-state index contributed by atoms with van der Waals surface area (Å²) in [5, 5.41) is 5.29. The summed E-state index contributed by atoms with van der Waals surface area (Å²) < 4.78 is 10.9. The lowest BCUT2D eigenvalue weighted by atomic mass is 10.1. The Hall–Kier alpha value is -4.46. The van der Waals surface area contributed by atoms with E-state index in [0.29, 0.717) is 22.7 Å². The predicted octanol–water partition coefficient (Wildman–Crippen LogP) is 5.20. The van der Waals surface area contributed by atoms with Gasteiger partial charge in [0.2, 0.25) is 5.91 Å². The summed E-state index contributed by atoms with van der Waals surface area (Å²) >= 11 is 0. The number of para-hydroxylation sites is 1. The number of carbonyl (C=O) groups excluding carboxylic acids is 4. The largest absolute Gasteiger partial charge is 0.457 e. The first-order valence-electron chi connectivity index (χ1n) is 11.4. The van der Waals surface area contributed by atoms with E-state index in [9.17, 15) is 19.2 Å². The molecule has 2 amide bonds. The Morgan fingerprint density at radius 2 is 1.28 bits per heavy atom. The number of aryl methyl sites for hydroxylation is 2. The number of carbonyl (C=O) groups is 4. The SMILES string of the molecule is CC(=O)c1ccc(NC(=O)COC(=O)CCC(=O)Nc2ccc(Oc3c(C)cccc3C)cc2)cc1. The van der Waals surface area contributed by atoms with E-state index in [0.717, 1.165) is 16.9 Å². The molecule has 8 heteroatoms. The smallest absolute Gasteiger partial charge is 0.306 e. The third kappa shape index (κ3) is 7.80. The number of Topliss-reactive ketones (excluding diaryl/α,β-unsaturated/α-hetero) is 1. The molecule has 0 unspecified atom stereocenters. The number of amides is 2. The van der Waals surface area contributed by atoms with Crippen LogP contribution >= 0.6 is 0 Å². The Morgan fingerprint density at radius 1 is 0.722 bits per heavy atom. The normalized spacial score (nSPS) is 10.3. The second-order valence-electron chi connectivity index (χ2n) is 8.24. The Kier molecular flexibility index (Phi) is 8.94. The molecule has 3 aromatic rings. The van der Waals surface area contributed by atoms with E-state index < -0.39 is 18.5 Å². The lowest BCUT2D eigenvalue weighted by molar-refractivity contribution is -0.147. The van der Waals surface area contributed by atoms with Crippen LogP contribution in [0.4, 0.5) is 11.4 Å². The van der Waals surface area contributed by atoms with E-state index in [1.807, 2.05) is 32.0 Å². The minimum atomic E-state index is -0.662. The summed E-state index contributed by atoms with van der Waals surface area (Å²) in [6.45, 7) is 4.93. The summed E-state index contributed by atoms with van der Waals surface area (Å²) in [4.78, 5) is 47.3. The number of nitrogens with one attached hydrogen (secondary N) is 2. The molecule has 0 atom stereocenters. The van der Waals surface area contributed by atoms with Gasteiger partial charge in [0.1, 0.15) is 11.5 Å². The zero-order chi connectivity index (χ0) is 26.1. The van der Waals surface area contributed by atoms with Crippen LogP contribution in [0, 0.1) is 13.8 Å². The highest BCUT2D eigenvalue weighted by Gasteiger charge is 2.12. The fourth-order valence-electron chi connectivity index (χ4n) is 3.33. The first-order chi connectivity index (χ1) is 17.2. The molecule has 0 fully saturated rings. The van der Waals surface area contributed by atoms with Crippen LogP contribution in [0.5, 0.6) is 11.5 Å². The van der Waals surface area contributed by atoms with Gasteiger partial charge in [-0.3, -0.25) is 19.2 Å². The summed E-state index contributed by atoms with van der Waals surface area (Å²) in [6, 6.07) is 19.2. The van der Waals surface area contributed by atoms with Crippen molar-refractivity contribution in [2.45, 2.75) is 33.6 Å². The van der Waals surface area contributed by atoms with E-state index in [4.69, 9.17) is 9.47 Å². The highest BCUT2D eigenvalue weighted by Crippen LogP contribution is 2.29. The molecule has 0 aliphatic heterocycles. The second-order valence-corrected chi connectivity index (χ2v) is 8.24. The fraction of sp³-hybridized carbons (Fsp3) is 0.214. The van der Waals surface area contributed by atoms with Crippen LogP contribution in [0.2, 0.25) is 0 Å². The first-order valence-corrected chi connectivity index (χ1v) is 11.4. The van der Waals surface area contributed by atoms with Gasteiger partial charge >= 0.3 is 5.97 Å². The van der Waals surface area contributed by atoms with E-state index >= 15 is 0 Å². The molecule has 0 heterocycles. The molecule has 0 radical (unpaired) electrons. The lowest BCUT2D eigenvalue weighted by Crippen LogP contribution is -2.21. The Morgan fingerprint density at radius 3 is 1.86 bits per heavy atom. The highest BCUT2D eigenvalue weighted by molar-refractivity contribution is 5.96. The quantitative estimate of drug-likeness (QED) is 0.300. The molecule has 186 valence electrons. The maximum Gasteiger partial charge on any atom is 0.306 e. The van der Waals surface area contributed by atoms with Gasteiger partial charge in [-0.1, -0.05) is 18.2 Å². The van der Waals surface area contributed by atoms with Crippen LogP contribution in [-0.2, 0) is 19.1 Å². The molecule has 36 heavy (non-hydrogen) atoms. The molecule has 0 aliphatic carbocycles. The van der Waals surface area contributed by atoms with Gasteiger partial charge in [0, 0.05) is 23.4 Å². The van der Waals surface area contributed by atoms with Gasteiger partial charge in [-0.2, -0.15) is 0 Å². The molecular formula is C28H28N2O6. The number of benzene rings is 3. The van der Waals surface area contributed by atoms with Crippen molar-refractivity contribution in [2.75, 3.05) is 17.2 Å². The summed E-state index contributed by atoms with van der Waals surface area (Å²) in [6.07, 6.45) is -0.256. The molecule has 0 aliphatic rings. The highest BCUT2D eigenvalue weighted by atomic mass is 16.5. The summed E-state index contributed by atoms with van der Waals surface area (Å²) in [5.41, 5.74) is 3.63. The Balaban J connectivity index is 1.38. The minimum Gasteiger partial charge on any atom is -0.457 e. The Bertz CT molecular complexity index is 1230. The molecule has 3 aromatic carbocycles. The average molecular weight is 489 g/mol. The topological polar surface area (TPSA) is 111 Å². The van der Waals surface area contributed by atoms with Gasteiger partial charge in [-0.05, 0) is 80.4 Å². The predicted molar refractivity (Wildman–Crippen MR) is 136 cm³/mol. The van der Waals surface area contributed by atoms with Gasteiger partial charge in [0.15, 0.2) is 12.4 Å². The van der Waals surface area contributed by atoms with Crippen LogP contribution in [-0.4, -0.2) is 30.2 Å². The van der Waals surface area contributed by atoms with Crippen molar-refractivity contribution in [1.29, 1.82) is 0 Å². The minimum absolute atomic E-state index is 0.0786. The van der Waals surface area contributed by atoms with Crippen LogP contribution in [0.25, 0.3) is 0 Å². The molecule has 0 bridgehead atoms. The number of hydrogen-bond acceptors (Lipinski definition) is 6. The third-order valence-corrected chi connectivity index (χ3v) is 5.26. The van der Waals surface area contributed by atoms with Crippen LogP contribution in [0.15, 0.2) is 66.7 Å². The van der Waals surface area contributed by atoms with Crippen molar-refractivity contribution in [1.82, 2.24) is 0 Å². The van der Waals surface area contributed by atoms with Crippen molar-refractivity contribution in [3.8, 4) is 11.5 Å². The standard InChI is InChI=1S/C28H28N2O6/c1-18-5-4-6-19(2)28(18)36-24-13-11-23(12-14-24)29-25(32)15-16-27(34)35-17-26(33)30-22-9-7-21(8-10-22)20(3)31/h4-14H,15-17H2,1-3H3,(H,29,32)(H,30,33). The molecule has 0 aromatic heterocycles. The second kappa shape index (κ2) is 12.3. The zero-order valence-electron chi connectivity index (χ0n) is 20.4. The van der Waals surface area contributed by atoms with Gasteiger partial charge in [0.05, 0.1) is 6.42 Å². The monoisotopic (exact) mass is 488 g/mol. The van der Waals surface area contributed by atoms with Gasteiger partial charge < -0.3 is 20.1 Å². The molecule has 0 spiro atoms. The van der Waals surface area contributed by atoms with E-state index in [1.165, 1.54) is 6.92 Å². The van der Waals surface area contributed by atoms with Gasteiger partial charge in [-0.25, -0.2) is 0 Å². The van der Waals surface area contributed by atoms with Gasteiger partial charge in [0.25, 0.3) is 5.91 Å². The molecule has 8 nitrogen and oxygen atoms in total. The number of rotatable bonds is 10. The van der Waals surface area contributed by atoms with Crippen LogP contribution in [0.3, 0.4) is 0 Å². The van der Waals surface area contributed by atoms with E-state index in [1.54, 1.807) is 48.5 Å². The van der Waals surface area contributed by atoms with Crippen molar-refractivity contribution >= 4 is 34.9 Å². The molecule has 2 N–H and O–H groups in total. The molecular weight excluding hydrogens is 460 g/mol. The fourth-order valence-corrected chi connectivity index (χ4v) is 3.33. The summed E-state index contributed by atoms with van der Waals surface area (Å²) in [5.74, 6) is -0.180. The Labute approximate surface area is 209 Å². The average Bonchev–Trinajstić information content (AvgIpc) is 2.85. The van der Waals surface area contributed by atoms with E-state index in [2.05, 4.69) is 10.6 Å². The number of ketones is 1. The number of hydrogen-bond donors (Lipinski definition) is 2. The maximum atomic E-state index is 12.2. The lowest BCUT2D eigenvalue weighted by Gasteiger charge is -2.12. The number of ether oxygens (including phenoxy) is 2. The van der Waals surface area contributed by atoms with Crippen molar-refractivity contribution in [3.63, 3.8) is 0 Å². The van der Waals surface area contributed by atoms with Gasteiger partial charge in [-0.15, -0.1) is 0 Å². The first kappa shape index (κ1) is 26.2. The van der Waals surface area contributed by atoms with Crippen molar-refractivity contribution < 1.29 is 28.7 Å². The summed E-state index contributed by atoms with van der Waals surface area (Å²) in [7, 11) is 0. The number of esters is 1. The molecule has 0 saturated carbocycles. The zero-order valence-corrected chi connectivity index (χ0v) is 20.4. The van der Waals surface area contributed by atoms with Crippen LogP contribution in [0.1, 0.15) is 41.3 Å².